The molecule has 0 unspecified atom stereocenters. The second-order valence-electron chi connectivity index (χ2n) is 8.97. The number of para-hydroxylation sites is 2. The van der Waals surface area contributed by atoms with Gasteiger partial charge in [0.05, 0.1) is 37.4 Å². The van der Waals surface area contributed by atoms with Crippen LogP contribution in [0.3, 0.4) is 0 Å². The third-order valence-electron chi connectivity index (χ3n) is 5.78. The fourth-order valence-electron chi connectivity index (χ4n) is 4.05. The third-order valence-corrected chi connectivity index (χ3v) is 16.2. The van der Waals surface area contributed by atoms with Crippen LogP contribution in [0.5, 0.6) is 11.5 Å². The number of ketones is 1. The number of phosphoric ester groups is 1. The number of hydrogen-bond donors (Lipinski definition) is 0. The van der Waals surface area contributed by atoms with Gasteiger partial charge in [-0.1, -0.05) is 36.4 Å². The molecule has 3 rings (SSSR count). The van der Waals surface area contributed by atoms with E-state index in [0.29, 0.717) is 24.3 Å². The first kappa shape index (κ1) is 37.4. The van der Waals surface area contributed by atoms with Crippen molar-refractivity contribution in [3.8, 4) is 11.5 Å². The summed E-state index contributed by atoms with van der Waals surface area (Å²) in [5.74, 6) is 0.123. The molecule has 0 heterocycles. The van der Waals surface area contributed by atoms with E-state index in [0.717, 1.165) is 22.8 Å². The average molecular weight is 725 g/mol. The monoisotopic (exact) mass is 724 g/mol. The predicted octanol–water partition coefficient (Wildman–Crippen LogP) is 9.45. The molecule has 44 heavy (non-hydrogen) atoms. The van der Waals surface area contributed by atoms with Crippen LogP contribution in [0, 0.1) is 5.92 Å². The maximum Gasteiger partial charge on any atom is 0.529 e. The molecule has 0 fully saturated rings. The maximum absolute atomic E-state index is 13.8. The molecule has 0 spiro atoms. The lowest BCUT2D eigenvalue weighted by Crippen LogP contribution is -2.32. The minimum absolute atomic E-state index is 0.0811. The topological polar surface area (TPSA) is 116 Å². The Hall–Kier alpha value is -1.10. The van der Waals surface area contributed by atoms with Gasteiger partial charge in [-0.3, -0.25) is 13.8 Å². The van der Waals surface area contributed by atoms with Crippen LogP contribution >= 0.6 is 43.1 Å². The highest BCUT2D eigenvalue weighted by Crippen LogP contribution is 2.66. The Morgan fingerprint density at radius 1 is 0.795 bits per heavy atom. The van der Waals surface area contributed by atoms with Gasteiger partial charge in [-0.25, -0.2) is 9.13 Å². The van der Waals surface area contributed by atoms with Crippen LogP contribution in [0.25, 0.3) is 0 Å². The SMILES string of the molecule is CCOP(=O)(OCC)OC1=CCC[C@H](C(=O)CSP(=O)(OCC)OCC)[C@@H]1SP(=S)(Oc1ccccc1)Oc1ccccc1. The Kier molecular flexibility index (Phi) is 15.5. The van der Waals surface area contributed by atoms with Gasteiger partial charge >= 0.3 is 20.3 Å². The second kappa shape index (κ2) is 18.3. The number of carbonyl (C=O) groups is 1. The molecule has 2 aromatic carbocycles. The van der Waals surface area contributed by atoms with Gasteiger partial charge in [0.15, 0.2) is 0 Å². The fourth-order valence-corrected chi connectivity index (χ4v) is 14.2. The van der Waals surface area contributed by atoms with E-state index in [4.69, 9.17) is 43.5 Å². The molecule has 1 aliphatic carbocycles. The van der Waals surface area contributed by atoms with Crippen LogP contribution in [-0.2, 0) is 48.4 Å². The summed E-state index contributed by atoms with van der Waals surface area (Å²) in [5, 5.41) is -0.789. The molecule has 16 heteroatoms. The smallest absolute Gasteiger partial charge is 0.428 e. The van der Waals surface area contributed by atoms with Crippen molar-refractivity contribution < 1.29 is 45.6 Å². The number of Topliss-reactive ketones (excluding diaryl/α,β-unsaturated/α-hetero) is 1. The highest BCUT2D eigenvalue weighted by Gasteiger charge is 2.44. The van der Waals surface area contributed by atoms with E-state index < -0.39 is 31.5 Å². The summed E-state index contributed by atoms with van der Waals surface area (Å²) in [6, 6.07) is 18.0. The molecule has 0 saturated heterocycles. The summed E-state index contributed by atoms with van der Waals surface area (Å²) in [6.07, 6.45) is 2.63. The van der Waals surface area contributed by atoms with E-state index in [1.54, 1.807) is 58.0 Å². The van der Waals surface area contributed by atoms with Crippen LogP contribution in [0.4, 0.5) is 0 Å². The highest BCUT2D eigenvalue weighted by atomic mass is 32.9. The van der Waals surface area contributed by atoms with Gasteiger partial charge in [-0.15, -0.1) is 0 Å². The number of hydrogen-bond acceptors (Lipinski definition) is 13. The zero-order valence-electron chi connectivity index (χ0n) is 25.1. The molecule has 0 saturated carbocycles. The van der Waals surface area contributed by atoms with Gasteiger partial charge in [0.2, 0.25) is 0 Å². The van der Waals surface area contributed by atoms with E-state index >= 15 is 0 Å². The van der Waals surface area contributed by atoms with E-state index in [2.05, 4.69) is 0 Å². The van der Waals surface area contributed by atoms with Gasteiger partial charge in [0, 0.05) is 5.92 Å². The van der Waals surface area contributed by atoms with Gasteiger partial charge in [-0.2, -0.15) is 0 Å². The Labute approximate surface area is 273 Å². The molecule has 1 aliphatic rings. The fraction of sp³-hybridized carbons (Fsp3) is 0.464. The first-order valence-electron chi connectivity index (χ1n) is 14.2. The van der Waals surface area contributed by atoms with Crippen LogP contribution in [-0.4, -0.2) is 43.2 Å². The molecule has 0 aromatic heterocycles. The molecular formula is C28H39O10P3S3. The highest BCUT2D eigenvalue weighted by molar-refractivity contribution is 8.68. The average Bonchev–Trinajstić information content (AvgIpc) is 2.98. The summed E-state index contributed by atoms with van der Waals surface area (Å²) >= 11 is 8.06. The molecule has 2 aromatic rings. The molecule has 244 valence electrons. The number of allylic oxidation sites excluding steroid dienone is 1. The second-order valence-corrected chi connectivity index (χ2v) is 20.8. The van der Waals surface area contributed by atoms with Gasteiger partial charge in [-0.05, 0) is 105 Å². The largest absolute Gasteiger partial charge is 0.529 e. The molecule has 0 amide bonds. The van der Waals surface area contributed by atoms with Crippen molar-refractivity contribution in [3.05, 3.63) is 72.5 Å². The van der Waals surface area contributed by atoms with Crippen LogP contribution < -0.4 is 9.05 Å². The maximum atomic E-state index is 13.8. The Morgan fingerprint density at radius 2 is 1.30 bits per heavy atom. The van der Waals surface area contributed by atoms with Crippen molar-refractivity contribution in [1.29, 1.82) is 0 Å². The van der Waals surface area contributed by atoms with E-state index in [1.165, 1.54) is 0 Å². The Balaban J connectivity index is 2.00. The molecule has 0 radical (unpaired) electrons. The normalized spacial score (nSPS) is 17.5. The van der Waals surface area contributed by atoms with E-state index in [1.807, 2.05) is 36.4 Å². The van der Waals surface area contributed by atoms with Crippen molar-refractivity contribution >= 4 is 60.7 Å². The molecule has 2 atom stereocenters. The number of benzene rings is 2. The Morgan fingerprint density at radius 3 is 1.77 bits per heavy atom. The van der Waals surface area contributed by atoms with Gasteiger partial charge in [0.25, 0.3) is 0 Å². The van der Waals surface area contributed by atoms with Crippen LogP contribution in [0.1, 0.15) is 40.5 Å². The zero-order valence-corrected chi connectivity index (χ0v) is 30.2. The van der Waals surface area contributed by atoms with Crippen molar-refractivity contribution in [2.45, 2.75) is 45.8 Å². The standard InChI is InChI=1S/C28H39O10P3S3/c1-5-32-39(30,33-6-2)38-27-21-15-20-25(26(29)22-43-40(31,34-7-3)35-8-4)28(27)44-41(42,36-23-16-11-9-12-17-23)37-24-18-13-10-14-19-24/h9-14,16-19,21,25,28H,5-8,15,20,22H2,1-4H3/t25-,28+/m1/s1. The van der Waals surface area contributed by atoms with E-state index in [-0.39, 0.29) is 43.7 Å². The predicted molar refractivity (Wildman–Crippen MR) is 181 cm³/mol. The summed E-state index contributed by atoms with van der Waals surface area (Å²) in [4.78, 5) is 13.8. The summed E-state index contributed by atoms with van der Waals surface area (Å²) in [6.45, 7) is 3.72. The minimum Gasteiger partial charge on any atom is -0.428 e. The quantitative estimate of drug-likeness (QED) is 0.121. The number of carbonyl (C=O) groups excluding carboxylic acids is 1. The summed E-state index contributed by atoms with van der Waals surface area (Å²) in [5.41, 5.74) is -3.32. The van der Waals surface area contributed by atoms with E-state index in [9.17, 15) is 13.9 Å². The van der Waals surface area contributed by atoms with Crippen molar-refractivity contribution in [1.82, 2.24) is 0 Å². The van der Waals surface area contributed by atoms with Crippen LogP contribution in [0.15, 0.2) is 72.5 Å². The molecule has 0 bridgehead atoms. The van der Waals surface area contributed by atoms with Gasteiger partial charge in [0.1, 0.15) is 23.0 Å². The lowest BCUT2D eigenvalue weighted by Gasteiger charge is -2.35. The first-order valence-corrected chi connectivity index (χ1v) is 22.9. The van der Waals surface area contributed by atoms with Crippen molar-refractivity contribution in [2.24, 2.45) is 5.92 Å². The molecule has 0 aliphatic heterocycles. The summed E-state index contributed by atoms with van der Waals surface area (Å²) in [7, 11) is -4.03. The summed E-state index contributed by atoms with van der Waals surface area (Å²) < 4.78 is 66.8. The van der Waals surface area contributed by atoms with Gasteiger partial charge < -0.3 is 22.6 Å². The third kappa shape index (κ3) is 11.6. The number of phosphoric acid groups is 1. The van der Waals surface area contributed by atoms with Crippen LogP contribution in [0.2, 0.25) is 0 Å². The molecular weight excluding hydrogens is 685 g/mol. The molecule has 10 nitrogen and oxygen atoms in total. The van der Waals surface area contributed by atoms with Crippen molar-refractivity contribution in [2.75, 3.05) is 32.2 Å². The van der Waals surface area contributed by atoms with Crippen molar-refractivity contribution in [3.63, 3.8) is 0 Å². The Bertz CT molecular complexity index is 1300. The molecule has 0 N–H and O–H groups in total. The zero-order chi connectivity index (χ0) is 32.1. The first-order chi connectivity index (χ1) is 21.1. The minimum atomic E-state index is -4.03. The lowest BCUT2D eigenvalue weighted by atomic mass is 9.89. The number of rotatable bonds is 20. The lowest BCUT2D eigenvalue weighted by molar-refractivity contribution is -0.120.